The van der Waals surface area contributed by atoms with Crippen molar-refractivity contribution in [2.75, 3.05) is 6.61 Å². The van der Waals surface area contributed by atoms with Gasteiger partial charge in [-0.05, 0) is 30.7 Å². The van der Waals surface area contributed by atoms with Crippen molar-refractivity contribution in [3.8, 4) is 5.75 Å². The number of ketones is 1. The Balaban J connectivity index is 2.19. The van der Waals surface area contributed by atoms with Gasteiger partial charge in [-0.3, -0.25) is 4.79 Å². The molecule has 3 nitrogen and oxygen atoms in total. The second kappa shape index (κ2) is 4.03. The Labute approximate surface area is 89.2 Å². The van der Waals surface area contributed by atoms with Crippen LogP contribution in [-0.4, -0.2) is 18.4 Å². The first kappa shape index (κ1) is 10.2. The number of carbonyl (C=O) groups is 1. The number of rotatable bonds is 3. The first-order valence-electron chi connectivity index (χ1n) is 5.21. The lowest BCUT2D eigenvalue weighted by molar-refractivity contribution is 0.0976. The van der Waals surface area contributed by atoms with Crippen molar-refractivity contribution in [2.24, 2.45) is 5.73 Å². The average Bonchev–Trinajstić information content (AvgIpc) is 2.62. The molecule has 1 aromatic carbocycles. The van der Waals surface area contributed by atoms with Crippen LogP contribution in [-0.2, 0) is 6.42 Å². The maximum Gasteiger partial charge on any atom is 0.164 e. The van der Waals surface area contributed by atoms with Gasteiger partial charge in [-0.15, -0.1) is 0 Å². The van der Waals surface area contributed by atoms with Crippen LogP contribution in [0.1, 0.15) is 29.3 Å². The van der Waals surface area contributed by atoms with Crippen LogP contribution in [0.2, 0.25) is 0 Å². The van der Waals surface area contributed by atoms with E-state index in [-0.39, 0.29) is 11.8 Å². The number of carbonyl (C=O) groups excluding carboxylic acids is 1. The molecule has 1 aliphatic heterocycles. The zero-order valence-electron chi connectivity index (χ0n) is 8.82. The maximum absolute atomic E-state index is 11.7. The van der Waals surface area contributed by atoms with E-state index in [1.807, 2.05) is 25.1 Å². The van der Waals surface area contributed by atoms with E-state index in [1.165, 1.54) is 0 Å². The van der Waals surface area contributed by atoms with Crippen LogP contribution in [0.3, 0.4) is 0 Å². The largest absolute Gasteiger partial charge is 0.493 e. The topological polar surface area (TPSA) is 52.3 Å². The van der Waals surface area contributed by atoms with Gasteiger partial charge < -0.3 is 10.5 Å². The lowest BCUT2D eigenvalue weighted by Crippen LogP contribution is -2.19. The smallest absolute Gasteiger partial charge is 0.164 e. The molecule has 1 aliphatic rings. The Morgan fingerprint density at radius 2 is 2.40 bits per heavy atom. The predicted octanol–water partition coefficient (Wildman–Crippen LogP) is 1.54. The highest BCUT2D eigenvalue weighted by molar-refractivity contribution is 5.96. The number of benzene rings is 1. The number of hydrogen-bond donors (Lipinski definition) is 1. The Bertz CT molecular complexity index is 385. The highest BCUT2D eigenvalue weighted by atomic mass is 16.5. The molecule has 80 valence electrons. The molecule has 0 fully saturated rings. The molecule has 0 spiro atoms. The zero-order chi connectivity index (χ0) is 10.8. The lowest BCUT2D eigenvalue weighted by atomic mass is 10.0. The molecule has 0 aliphatic carbocycles. The van der Waals surface area contributed by atoms with E-state index in [0.29, 0.717) is 6.42 Å². The fourth-order valence-corrected chi connectivity index (χ4v) is 1.77. The van der Waals surface area contributed by atoms with Gasteiger partial charge in [0.2, 0.25) is 0 Å². The van der Waals surface area contributed by atoms with Crippen LogP contribution in [0.4, 0.5) is 0 Å². The number of fused-ring (bicyclic) bond motifs is 1. The van der Waals surface area contributed by atoms with Crippen molar-refractivity contribution in [1.29, 1.82) is 0 Å². The van der Waals surface area contributed by atoms with Gasteiger partial charge in [-0.1, -0.05) is 0 Å². The molecule has 15 heavy (non-hydrogen) atoms. The zero-order valence-corrected chi connectivity index (χ0v) is 8.82. The average molecular weight is 205 g/mol. The first-order chi connectivity index (χ1) is 7.16. The maximum atomic E-state index is 11.7. The van der Waals surface area contributed by atoms with Gasteiger partial charge in [0.1, 0.15) is 5.75 Å². The van der Waals surface area contributed by atoms with Gasteiger partial charge in [0.15, 0.2) is 5.78 Å². The van der Waals surface area contributed by atoms with Crippen LogP contribution in [0.15, 0.2) is 18.2 Å². The summed E-state index contributed by atoms with van der Waals surface area (Å²) in [6.45, 7) is 2.56. The molecule has 1 aromatic rings. The number of hydrogen-bond acceptors (Lipinski definition) is 3. The van der Waals surface area contributed by atoms with Crippen molar-refractivity contribution >= 4 is 5.78 Å². The fourth-order valence-electron chi connectivity index (χ4n) is 1.77. The summed E-state index contributed by atoms with van der Waals surface area (Å²) in [6.07, 6.45) is 1.30. The van der Waals surface area contributed by atoms with Gasteiger partial charge in [0, 0.05) is 24.4 Å². The van der Waals surface area contributed by atoms with Gasteiger partial charge in [0.25, 0.3) is 0 Å². The third-order valence-electron chi connectivity index (χ3n) is 2.52. The second-order valence-electron chi connectivity index (χ2n) is 4.03. The molecule has 0 radical (unpaired) electrons. The van der Waals surface area contributed by atoms with Gasteiger partial charge in [-0.2, -0.15) is 0 Å². The summed E-state index contributed by atoms with van der Waals surface area (Å²) in [6, 6.07) is 5.53. The van der Waals surface area contributed by atoms with Crippen LogP contribution < -0.4 is 10.5 Å². The number of nitrogens with two attached hydrogens (primary N) is 1. The van der Waals surface area contributed by atoms with E-state index < -0.39 is 0 Å². The van der Waals surface area contributed by atoms with E-state index in [1.54, 1.807) is 0 Å². The normalized spacial score (nSPS) is 15.6. The molecule has 1 atom stereocenters. The van der Waals surface area contributed by atoms with Gasteiger partial charge in [-0.25, -0.2) is 0 Å². The second-order valence-corrected chi connectivity index (χ2v) is 4.03. The molecule has 0 amide bonds. The third-order valence-corrected chi connectivity index (χ3v) is 2.52. The van der Waals surface area contributed by atoms with Crippen LogP contribution in [0.25, 0.3) is 0 Å². The summed E-state index contributed by atoms with van der Waals surface area (Å²) in [5.41, 5.74) is 7.47. The standard InChI is InChI=1S/C12H15NO2/c1-8(13)6-11(14)9-2-3-12-10(7-9)4-5-15-12/h2-3,7-8H,4-6,13H2,1H3. The van der Waals surface area contributed by atoms with E-state index in [9.17, 15) is 4.79 Å². The monoisotopic (exact) mass is 205 g/mol. The van der Waals surface area contributed by atoms with Crippen molar-refractivity contribution in [3.05, 3.63) is 29.3 Å². The molecular weight excluding hydrogens is 190 g/mol. The summed E-state index contributed by atoms with van der Waals surface area (Å²) >= 11 is 0. The van der Waals surface area contributed by atoms with Crippen molar-refractivity contribution in [3.63, 3.8) is 0 Å². The summed E-state index contributed by atoms with van der Waals surface area (Å²) < 4.78 is 5.38. The number of ether oxygens (including phenoxy) is 1. The molecule has 1 heterocycles. The highest BCUT2D eigenvalue weighted by Gasteiger charge is 2.15. The summed E-state index contributed by atoms with van der Waals surface area (Å²) in [5.74, 6) is 1.02. The van der Waals surface area contributed by atoms with Crippen molar-refractivity contribution < 1.29 is 9.53 Å². The Morgan fingerprint density at radius 3 is 3.13 bits per heavy atom. The SMILES string of the molecule is CC(N)CC(=O)c1ccc2c(c1)CCO2. The van der Waals surface area contributed by atoms with Gasteiger partial charge >= 0.3 is 0 Å². The van der Waals surface area contributed by atoms with E-state index >= 15 is 0 Å². The quantitative estimate of drug-likeness (QED) is 0.761. The molecule has 2 rings (SSSR count). The van der Waals surface area contributed by atoms with Crippen molar-refractivity contribution in [1.82, 2.24) is 0 Å². The van der Waals surface area contributed by atoms with Crippen LogP contribution >= 0.6 is 0 Å². The van der Waals surface area contributed by atoms with E-state index in [4.69, 9.17) is 10.5 Å². The highest BCUT2D eigenvalue weighted by Crippen LogP contribution is 2.26. The van der Waals surface area contributed by atoms with Gasteiger partial charge in [0.05, 0.1) is 6.61 Å². The molecule has 1 unspecified atom stereocenters. The summed E-state index contributed by atoms with van der Waals surface area (Å²) in [4.78, 5) is 11.7. The minimum atomic E-state index is -0.0815. The molecule has 3 heteroatoms. The Morgan fingerprint density at radius 1 is 1.60 bits per heavy atom. The summed E-state index contributed by atoms with van der Waals surface area (Å²) in [5, 5.41) is 0. The molecule has 0 saturated carbocycles. The molecule has 0 saturated heterocycles. The lowest BCUT2D eigenvalue weighted by Gasteiger charge is -2.05. The fraction of sp³-hybridized carbons (Fsp3) is 0.417. The van der Waals surface area contributed by atoms with Crippen molar-refractivity contribution in [2.45, 2.75) is 25.8 Å². The van der Waals surface area contributed by atoms with E-state index in [0.717, 1.165) is 29.9 Å². The Kier molecular flexibility index (Phi) is 2.73. The minimum absolute atomic E-state index is 0.0815. The third kappa shape index (κ3) is 2.18. The first-order valence-corrected chi connectivity index (χ1v) is 5.21. The predicted molar refractivity (Wildman–Crippen MR) is 58.2 cm³/mol. The minimum Gasteiger partial charge on any atom is -0.493 e. The van der Waals surface area contributed by atoms with Crippen LogP contribution in [0, 0.1) is 0 Å². The summed E-state index contributed by atoms with van der Waals surface area (Å²) in [7, 11) is 0. The van der Waals surface area contributed by atoms with Crippen LogP contribution in [0.5, 0.6) is 5.75 Å². The molecule has 0 aromatic heterocycles. The van der Waals surface area contributed by atoms with E-state index in [2.05, 4.69) is 0 Å². The molecule has 0 bridgehead atoms. The molecular formula is C12H15NO2. The molecule has 2 N–H and O–H groups in total. The number of Topliss-reactive ketones (excluding diaryl/α,β-unsaturated/α-hetero) is 1. The Hall–Kier alpha value is -1.35.